The molecule has 0 aromatic rings. The van der Waals surface area contributed by atoms with Gasteiger partial charge in [0.2, 0.25) is 0 Å². The number of hydrogen-bond donors (Lipinski definition) is 4. The molecular formula is C85H146O16P2. The highest BCUT2D eigenvalue weighted by molar-refractivity contribution is 7.47. The van der Waals surface area contributed by atoms with E-state index in [0.29, 0.717) is 19.3 Å². The average molecular weight is 1490 g/mol. The Morgan fingerprint density at radius 2 is 0.515 bits per heavy atom. The van der Waals surface area contributed by atoms with Crippen LogP contribution in [-0.2, 0) is 55.8 Å². The number of rotatable bonds is 76. The molecule has 0 aromatic carbocycles. The van der Waals surface area contributed by atoms with Gasteiger partial charge in [-0.2, -0.15) is 0 Å². The average Bonchev–Trinajstić information content (AvgIpc) is 0.914. The highest BCUT2D eigenvalue weighted by atomic mass is 31.2. The second-order valence-corrected chi connectivity index (χ2v) is 29.7. The normalized spacial score (nSPS) is 14.7. The number of hydrogen-bond acceptors (Lipinski definition) is 14. The molecule has 0 fully saturated rings. The highest BCUT2D eigenvalue weighted by Gasteiger charge is 2.29. The van der Waals surface area contributed by atoms with E-state index in [-0.39, 0.29) is 19.3 Å². The zero-order chi connectivity index (χ0) is 75.2. The molecule has 0 heterocycles. The van der Waals surface area contributed by atoms with Crippen LogP contribution in [0.15, 0.2) is 134 Å². The molecule has 0 aliphatic heterocycles. The van der Waals surface area contributed by atoms with Crippen molar-refractivity contribution in [1.29, 1.82) is 0 Å². The van der Waals surface area contributed by atoms with E-state index in [0.717, 1.165) is 167 Å². The molecule has 0 bridgehead atoms. The molecule has 0 radical (unpaired) electrons. The van der Waals surface area contributed by atoms with Crippen molar-refractivity contribution in [2.75, 3.05) is 39.6 Å². The molecule has 0 amide bonds. The molecule has 0 aliphatic carbocycles. The van der Waals surface area contributed by atoms with E-state index in [9.17, 15) is 43.5 Å². The SMILES string of the molecule is CC/C=C\C/C=C\C/C=C\C/C=C\C/C=C\C/C=C\CCCCCCCCCCCCCCCCC(=O)OCC(O)COP(=O)(O)OCC(O)COP(=O)(O)OCC(COC(=O)CCCCCCCCC/C=C\C/C=C\C/C=C\C/C=C\C/C=C\CC)OC(=O)CCCCCCCCCCCCC. The predicted octanol–water partition coefficient (Wildman–Crippen LogP) is 23.9. The lowest BCUT2D eigenvalue weighted by atomic mass is 10.0. The van der Waals surface area contributed by atoms with Gasteiger partial charge in [-0.3, -0.25) is 32.5 Å². The fraction of sp³-hybridized carbons (Fsp3) is 0.706. The van der Waals surface area contributed by atoms with Gasteiger partial charge in [0.25, 0.3) is 0 Å². The highest BCUT2D eigenvalue weighted by Crippen LogP contribution is 2.45. The van der Waals surface area contributed by atoms with Crippen molar-refractivity contribution in [2.45, 2.75) is 347 Å². The molecule has 103 heavy (non-hydrogen) atoms. The van der Waals surface area contributed by atoms with Crippen LogP contribution >= 0.6 is 15.6 Å². The van der Waals surface area contributed by atoms with Gasteiger partial charge in [0.05, 0.1) is 26.4 Å². The summed E-state index contributed by atoms with van der Waals surface area (Å²) < 4.78 is 61.1. The number of aliphatic hydroxyl groups excluding tert-OH is 2. The molecule has 18 heteroatoms. The lowest BCUT2D eigenvalue weighted by Crippen LogP contribution is -2.30. The van der Waals surface area contributed by atoms with E-state index < -0.39 is 91.5 Å². The van der Waals surface area contributed by atoms with Crippen molar-refractivity contribution >= 4 is 33.6 Å². The first-order valence-corrected chi connectivity index (χ1v) is 43.5. The largest absolute Gasteiger partial charge is 0.472 e. The van der Waals surface area contributed by atoms with Crippen LogP contribution in [0.3, 0.4) is 0 Å². The monoisotopic (exact) mass is 1490 g/mol. The Hall–Kier alpha value is -4.31. The quantitative estimate of drug-likeness (QED) is 0.0146. The van der Waals surface area contributed by atoms with Gasteiger partial charge in [-0.05, 0) is 116 Å². The number of esters is 3. The molecule has 16 nitrogen and oxygen atoms in total. The van der Waals surface area contributed by atoms with E-state index in [1.54, 1.807) is 0 Å². The van der Waals surface area contributed by atoms with Crippen molar-refractivity contribution in [3.05, 3.63) is 134 Å². The summed E-state index contributed by atoms with van der Waals surface area (Å²) in [6.07, 6.45) is 93.7. The molecule has 0 aliphatic rings. The third-order valence-corrected chi connectivity index (χ3v) is 18.8. The van der Waals surface area contributed by atoms with Gasteiger partial charge in [0.15, 0.2) is 6.10 Å². The van der Waals surface area contributed by atoms with Crippen LogP contribution in [-0.4, -0.2) is 95.9 Å². The minimum Gasteiger partial charge on any atom is -0.463 e. The maximum Gasteiger partial charge on any atom is 0.472 e. The van der Waals surface area contributed by atoms with E-state index in [2.05, 4.69) is 154 Å². The van der Waals surface area contributed by atoms with E-state index in [1.807, 2.05) is 0 Å². The Morgan fingerprint density at radius 3 is 0.816 bits per heavy atom. The Labute approximate surface area is 626 Å². The summed E-state index contributed by atoms with van der Waals surface area (Å²) in [6.45, 7) is 2.45. The number of allylic oxidation sites excluding steroid dienone is 22. The predicted molar refractivity (Wildman–Crippen MR) is 426 cm³/mol. The molecule has 592 valence electrons. The maximum absolute atomic E-state index is 12.9. The van der Waals surface area contributed by atoms with Gasteiger partial charge in [0.1, 0.15) is 25.4 Å². The third-order valence-electron chi connectivity index (χ3n) is 16.9. The van der Waals surface area contributed by atoms with Gasteiger partial charge < -0.3 is 34.2 Å². The molecule has 0 saturated heterocycles. The van der Waals surface area contributed by atoms with Gasteiger partial charge >= 0.3 is 33.6 Å². The molecular weight excluding hydrogens is 1340 g/mol. The topological polar surface area (TPSA) is 231 Å². The molecule has 0 spiro atoms. The Morgan fingerprint density at radius 1 is 0.282 bits per heavy atom. The van der Waals surface area contributed by atoms with Crippen molar-refractivity contribution in [2.24, 2.45) is 0 Å². The fourth-order valence-corrected chi connectivity index (χ4v) is 12.4. The number of ether oxygens (including phenoxy) is 3. The number of phosphoric ester groups is 2. The maximum atomic E-state index is 12.9. The zero-order valence-corrected chi connectivity index (χ0v) is 66.5. The van der Waals surface area contributed by atoms with Gasteiger partial charge in [-0.25, -0.2) is 9.13 Å². The second kappa shape index (κ2) is 77.3. The number of carbonyl (C=O) groups excluding carboxylic acids is 3. The van der Waals surface area contributed by atoms with Gasteiger partial charge in [-0.1, -0.05) is 328 Å². The molecule has 4 N–H and O–H groups in total. The number of unbranched alkanes of at least 4 members (excludes halogenated alkanes) is 31. The third kappa shape index (κ3) is 78.6. The van der Waals surface area contributed by atoms with Crippen molar-refractivity contribution in [1.82, 2.24) is 0 Å². The van der Waals surface area contributed by atoms with Gasteiger partial charge in [-0.15, -0.1) is 0 Å². The van der Waals surface area contributed by atoms with Crippen LogP contribution in [0.25, 0.3) is 0 Å². The van der Waals surface area contributed by atoms with Crippen LogP contribution in [0.2, 0.25) is 0 Å². The van der Waals surface area contributed by atoms with E-state index >= 15 is 0 Å². The second-order valence-electron chi connectivity index (χ2n) is 26.8. The first kappa shape index (κ1) is 98.7. The Bertz CT molecular complexity index is 2410. The molecule has 0 rings (SSSR count). The number of carbonyl (C=O) groups is 3. The summed E-state index contributed by atoms with van der Waals surface area (Å²) >= 11 is 0. The van der Waals surface area contributed by atoms with Gasteiger partial charge in [0, 0.05) is 19.3 Å². The smallest absolute Gasteiger partial charge is 0.463 e. The number of aliphatic hydroxyl groups is 2. The van der Waals surface area contributed by atoms with Crippen LogP contribution in [0, 0.1) is 0 Å². The lowest BCUT2D eigenvalue weighted by Gasteiger charge is -2.21. The van der Waals surface area contributed by atoms with Crippen molar-refractivity contribution in [3.8, 4) is 0 Å². The molecule has 5 unspecified atom stereocenters. The van der Waals surface area contributed by atoms with Crippen LogP contribution < -0.4 is 0 Å². The van der Waals surface area contributed by atoms with E-state index in [4.69, 9.17) is 32.3 Å². The minimum absolute atomic E-state index is 0.103. The fourth-order valence-electron chi connectivity index (χ4n) is 10.8. The summed E-state index contributed by atoms with van der Waals surface area (Å²) in [6, 6.07) is 0. The Balaban J connectivity index is 4.39. The standard InChI is InChI=1S/C85H146O16P2/c1-4-7-10-13-16-19-22-24-26-28-30-32-34-35-36-37-38-39-40-41-42-43-45-47-48-50-52-54-57-59-62-65-68-71-83(88)95-74-80(86)75-97-102(91,92)98-76-81(87)77-99-103(93,94)100-79-82(101-85(90)73-70-67-64-61-56-21-18-15-12-9-6-3)78-96-84(89)72-69-66-63-60-58-55-53-51-49-46-44-33-31-29-27-25-23-20-17-14-11-8-5-2/h7-8,10-11,16-17,19-20,24-27,30-33,35-36,38-39,46,49,80-82,86-87H,4-6,9,12-15,18,21-23,28-29,34,37,40-45,47-48,50-79H2,1-3H3,(H,91,92)(H,93,94)/b10-7-,11-8-,19-16-,20-17-,26-24-,27-25-,32-30-,33-31-,36-35-,39-38-,49-46-. The molecule has 5 atom stereocenters. The minimum atomic E-state index is -4.93. The summed E-state index contributed by atoms with van der Waals surface area (Å²) in [4.78, 5) is 58.6. The zero-order valence-electron chi connectivity index (χ0n) is 64.7. The summed E-state index contributed by atoms with van der Waals surface area (Å²) in [7, 11) is -9.78. The van der Waals surface area contributed by atoms with Crippen LogP contribution in [0.1, 0.15) is 329 Å². The lowest BCUT2D eigenvalue weighted by molar-refractivity contribution is -0.161. The Kier molecular flexibility index (Phi) is 74.1. The summed E-state index contributed by atoms with van der Waals surface area (Å²) in [5.74, 6) is -1.58. The van der Waals surface area contributed by atoms with Crippen LogP contribution in [0.5, 0.6) is 0 Å². The van der Waals surface area contributed by atoms with Crippen LogP contribution in [0.4, 0.5) is 0 Å². The van der Waals surface area contributed by atoms with E-state index in [1.165, 1.54) is 103 Å². The molecule has 0 saturated carbocycles. The first-order chi connectivity index (χ1) is 50.2. The van der Waals surface area contributed by atoms with Crippen molar-refractivity contribution in [3.63, 3.8) is 0 Å². The van der Waals surface area contributed by atoms with Crippen molar-refractivity contribution < 1.29 is 75.8 Å². The summed E-state index contributed by atoms with van der Waals surface area (Å²) in [5.41, 5.74) is 0. The number of phosphoric acid groups is 2. The first-order valence-electron chi connectivity index (χ1n) is 40.5. The summed E-state index contributed by atoms with van der Waals surface area (Å²) in [5, 5.41) is 20.6. The molecule has 0 aromatic heterocycles.